The van der Waals surface area contributed by atoms with Crippen LogP contribution in [-0.2, 0) is 0 Å². The van der Waals surface area contributed by atoms with Crippen molar-refractivity contribution in [2.75, 3.05) is 6.79 Å². The van der Waals surface area contributed by atoms with Gasteiger partial charge in [-0.25, -0.2) is 0 Å². The van der Waals surface area contributed by atoms with Gasteiger partial charge in [0.1, 0.15) is 11.3 Å². The van der Waals surface area contributed by atoms with Crippen molar-refractivity contribution in [3.05, 3.63) is 60.4 Å². The van der Waals surface area contributed by atoms with Crippen molar-refractivity contribution in [1.29, 1.82) is 0 Å². The monoisotopic (exact) mass is 302 g/mol. The average Bonchev–Trinajstić information content (AvgIpc) is 3.14. The summed E-state index contributed by atoms with van der Waals surface area (Å²) in [7, 11) is 0. The zero-order chi connectivity index (χ0) is 15.4. The first-order valence-corrected chi connectivity index (χ1v) is 7.61. The normalized spacial score (nSPS) is 13.1. The van der Waals surface area contributed by atoms with Gasteiger partial charge < -0.3 is 13.9 Å². The van der Waals surface area contributed by atoms with E-state index in [2.05, 4.69) is 36.4 Å². The molecule has 0 atom stereocenters. The first kappa shape index (κ1) is 12.6. The number of aryl methyl sites for hydroxylation is 1. The van der Waals surface area contributed by atoms with E-state index in [9.17, 15) is 0 Å². The SMILES string of the molecule is Cc1oc2cc3ccccc3cc2c1-c1ccc2c(c1)OCO2. The molecule has 0 fully saturated rings. The fraction of sp³-hybridized carbons (Fsp3) is 0.100. The van der Waals surface area contributed by atoms with Gasteiger partial charge in [0.15, 0.2) is 11.5 Å². The van der Waals surface area contributed by atoms with Crippen LogP contribution in [0.3, 0.4) is 0 Å². The van der Waals surface area contributed by atoms with Crippen molar-refractivity contribution < 1.29 is 13.9 Å². The number of fused-ring (bicyclic) bond motifs is 3. The van der Waals surface area contributed by atoms with Gasteiger partial charge in [-0.2, -0.15) is 0 Å². The largest absolute Gasteiger partial charge is 0.461 e. The molecule has 1 aliphatic heterocycles. The molecule has 0 bridgehead atoms. The van der Waals surface area contributed by atoms with Gasteiger partial charge in [0, 0.05) is 10.9 Å². The maximum absolute atomic E-state index is 6.01. The summed E-state index contributed by atoms with van der Waals surface area (Å²) in [5.74, 6) is 2.50. The zero-order valence-corrected chi connectivity index (χ0v) is 12.6. The molecule has 0 radical (unpaired) electrons. The van der Waals surface area contributed by atoms with Crippen LogP contribution in [0.5, 0.6) is 11.5 Å². The Hall–Kier alpha value is -2.94. The van der Waals surface area contributed by atoms with Crippen molar-refractivity contribution in [2.45, 2.75) is 6.92 Å². The van der Waals surface area contributed by atoms with Crippen LogP contribution in [0.1, 0.15) is 5.76 Å². The highest BCUT2D eigenvalue weighted by atomic mass is 16.7. The second kappa shape index (κ2) is 4.53. The molecule has 5 rings (SSSR count). The molecule has 1 aliphatic rings. The molecular formula is C20H14O3. The summed E-state index contributed by atoms with van der Waals surface area (Å²) in [6.45, 7) is 2.29. The number of ether oxygens (including phenoxy) is 2. The van der Waals surface area contributed by atoms with Gasteiger partial charge in [-0.15, -0.1) is 0 Å². The maximum atomic E-state index is 6.01. The number of furan rings is 1. The Kier molecular flexibility index (Phi) is 2.48. The van der Waals surface area contributed by atoms with Crippen LogP contribution in [0.25, 0.3) is 32.9 Å². The number of hydrogen-bond donors (Lipinski definition) is 0. The number of rotatable bonds is 1. The second-order valence-electron chi connectivity index (χ2n) is 5.80. The minimum absolute atomic E-state index is 0.286. The van der Waals surface area contributed by atoms with E-state index in [0.717, 1.165) is 39.4 Å². The van der Waals surface area contributed by atoms with E-state index < -0.39 is 0 Å². The molecule has 0 amide bonds. The Morgan fingerprint density at radius 3 is 2.48 bits per heavy atom. The highest BCUT2D eigenvalue weighted by molar-refractivity contribution is 6.04. The number of hydrogen-bond acceptors (Lipinski definition) is 3. The molecule has 0 aliphatic carbocycles. The molecule has 3 aromatic carbocycles. The van der Waals surface area contributed by atoms with Crippen LogP contribution in [0.2, 0.25) is 0 Å². The third-order valence-corrected chi connectivity index (χ3v) is 4.39. The summed E-state index contributed by atoms with van der Waals surface area (Å²) in [5.41, 5.74) is 3.11. The molecule has 3 nitrogen and oxygen atoms in total. The summed E-state index contributed by atoms with van der Waals surface area (Å²) in [6, 6.07) is 18.7. The van der Waals surface area contributed by atoms with Gasteiger partial charge in [0.25, 0.3) is 0 Å². The third-order valence-electron chi connectivity index (χ3n) is 4.39. The average molecular weight is 302 g/mol. The first-order chi connectivity index (χ1) is 11.3. The van der Waals surface area contributed by atoms with Gasteiger partial charge in [0.05, 0.1) is 0 Å². The molecule has 3 heteroatoms. The van der Waals surface area contributed by atoms with E-state index in [-0.39, 0.29) is 6.79 Å². The summed E-state index contributed by atoms with van der Waals surface area (Å²) in [4.78, 5) is 0. The lowest BCUT2D eigenvalue weighted by Crippen LogP contribution is -1.92. The lowest BCUT2D eigenvalue weighted by Gasteiger charge is -2.03. The van der Waals surface area contributed by atoms with Crippen LogP contribution in [0.4, 0.5) is 0 Å². The molecule has 0 unspecified atom stereocenters. The standard InChI is InChI=1S/C20H14O3/c1-12-20(15-6-7-17-19(10-15)22-11-21-17)16-8-13-4-2-3-5-14(13)9-18(16)23-12/h2-10H,11H2,1H3. The third kappa shape index (κ3) is 1.83. The van der Waals surface area contributed by atoms with Crippen molar-refractivity contribution in [3.63, 3.8) is 0 Å². The van der Waals surface area contributed by atoms with Crippen molar-refractivity contribution in [3.8, 4) is 22.6 Å². The van der Waals surface area contributed by atoms with Gasteiger partial charge in [0.2, 0.25) is 6.79 Å². The molecule has 0 N–H and O–H groups in total. The second-order valence-corrected chi connectivity index (χ2v) is 5.80. The minimum Gasteiger partial charge on any atom is -0.461 e. The van der Waals surface area contributed by atoms with Crippen LogP contribution in [-0.4, -0.2) is 6.79 Å². The Labute approximate surface area is 133 Å². The predicted molar refractivity (Wildman–Crippen MR) is 90.0 cm³/mol. The molecule has 23 heavy (non-hydrogen) atoms. The highest BCUT2D eigenvalue weighted by Gasteiger charge is 2.18. The molecular weight excluding hydrogens is 288 g/mol. The van der Waals surface area contributed by atoms with Crippen molar-refractivity contribution in [2.24, 2.45) is 0 Å². The maximum Gasteiger partial charge on any atom is 0.231 e. The topological polar surface area (TPSA) is 31.6 Å². The smallest absolute Gasteiger partial charge is 0.231 e. The van der Waals surface area contributed by atoms with Gasteiger partial charge in [-0.05, 0) is 47.5 Å². The molecule has 0 saturated heterocycles. The summed E-state index contributed by atoms with van der Waals surface area (Å²) in [5, 5.41) is 3.52. The fourth-order valence-electron chi connectivity index (χ4n) is 3.32. The highest BCUT2D eigenvalue weighted by Crippen LogP contribution is 2.41. The van der Waals surface area contributed by atoms with E-state index >= 15 is 0 Å². The molecule has 2 heterocycles. The predicted octanol–water partition coefficient (Wildman–Crippen LogP) is 5.29. The summed E-state index contributed by atoms with van der Waals surface area (Å²) in [6.07, 6.45) is 0. The van der Waals surface area contributed by atoms with E-state index in [0.29, 0.717) is 0 Å². The van der Waals surface area contributed by atoms with E-state index in [1.165, 1.54) is 10.8 Å². The van der Waals surface area contributed by atoms with E-state index in [4.69, 9.17) is 13.9 Å². The quantitative estimate of drug-likeness (QED) is 0.479. The van der Waals surface area contributed by atoms with Crippen molar-refractivity contribution >= 4 is 21.7 Å². The fourth-order valence-corrected chi connectivity index (χ4v) is 3.32. The Morgan fingerprint density at radius 1 is 0.826 bits per heavy atom. The Balaban J connectivity index is 1.80. The van der Waals surface area contributed by atoms with E-state index in [1.54, 1.807) is 0 Å². The lowest BCUT2D eigenvalue weighted by atomic mass is 9.99. The molecule has 0 spiro atoms. The van der Waals surface area contributed by atoms with E-state index in [1.807, 2.05) is 25.1 Å². The molecule has 4 aromatic rings. The van der Waals surface area contributed by atoms with Crippen LogP contribution < -0.4 is 9.47 Å². The van der Waals surface area contributed by atoms with Crippen LogP contribution in [0, 0.1) is 6.92 Å². The van der Waals surface area contributed by atoms with Crippen molar-refractivity contribution in [1.82, 2.24) is 0 Å². The first-order valence-electron chi connectivity index (χ1n) is 7.61. The number of benzene rings is 3. The van der Waals surface area contributed by atoms with Crippen LogP contribution >= 0.6 is 0 Å². The molecule has 0 saturated carbocycles. The van der Waals surface area contributed by atoms with Gasteiger partial charge >= 0.3 is 0 Å². The molecule has 1 aromatic heterocycles. The summed E-state index contributed by atoms with van der Waals surface area (Å²) >= 11 is 0. The Bertz CT molecular complexity index is 1060. The zero-order valence-electron chi connectivity index (χ0n) is 12.6. The minimum atomic E-state index is 0.286. The lowest BCUT2D eigenvalue weighted by molar-refractivity contribution is 0.174. The van der Waals surface area contributed by atoms with Gasteiger partial charge in [-0.1, -0.05) is 30.3 Å². The Morgan fingerprint density at radius 2 is 1.61 bits per heavy atom. The van der Waals surface area contributed by atoms with Gasteiger partial charge in [-0.3, -0.25) is 0 Å². The summed E-state index contributed by atoms with van der Waals surface area (Å²) < 4.78 is 16.9. The van der Waals surface area contributed by atoms with Crippen LogP contribution in [0.15, 0.2) is 59.0 Å². The molecule has 112 valence electrons.